The molecule has 1 unspecified atom stereocenters. The first-order chi connectivity index (χ1) is 9.27. The van der Waals surface area contributed by atoms with E-state index in [1.807, 2.05) is 20.8 Å². The predicted molar refractivity (Wildman–Crippen MR) is 73.2 cm³/mol. The minimum atomic E-state index is -0.524. The molecule has 1 aromatic rings. The molecule has 5 heteroatoms. The summed E-state index contributed by atoms with van der Waals surface area (Å²) in [6, 6.07) is 5.43. The molecule has 20 heavy (non-hydrogen) atoms. The van der Waals surface area contributed by atoms with Crippen molar-refractivity contribution in [2.75, 3.05) is 6.54 Å². The minimum Gasteiger partial charge on any atom is -0.342 e. The van der Waals surface area contributed by atoms with E-state index in [9.17, 15) is 14.0 Å². The van der Waals surface area contributed by atoms with Crippen LogP contribution in [-0.4, -0.2) is 29.3 Å². The molecule has 2 rings (SSSR count). The topological polar surface area (TPSA) is 49.4 Å². The fraction of sp³-hybridized carbons (Fsp3) is 0.467. The monoisotopic (exact) mass is 278 g/mol. The first-order valence-corrected chi connectivity index (χ1v) is 6.60. The molecule has 1 fully saturated rings. The molecule has 1 atom stereocenters. The van der Waals surface area contributed by atoms with Gasteiger partial charge in [0.05, 0.1) is 6.54 Å². The van der Waals surface area contributed by atoms with Crippen LogP contribution in [0.15, 0.2) is 24.3 Å². The van der Waals surface area contributed by atoms with Crippen LogP contribution < -0.4 is 5.32 Å². The normalized spacial score (nSPS) is 20.0. The molecule has 0 saturated carbocycles. The molecule has 1 aromatic carbocycles. The van der Waals surface area contributed by atoms with Crippen LogP contribution in [0.4, 0.5) is 4.39 Å². The van der Waals surface area contributed by atoms with E-state index in [1.54, 1.807) is 12.1 Å². The second-order valence-electron chi connectivity index (χ2n) is 6.19. The van der Waals surface area contributed by atoms with Crippen molar-refractivity contribution >= 4 is 11.8 Å². The number of hydrogen-bond donors (Lipinski definition) is 1. The third-order valence-corrected chi connectivity index (χ3v) is 3.35. The lowest BCUT2D eigenvalue weighted by Gasteiger charge is -2.38. The Labute approximate surface area is 118 Å². The van der Waals surface area contributed by atoms with Crippen LogP contribution in [0.1, 0.15) is 26.3 Å². The highest BCUT2D eigenvalue weighted by Crippen LogP contribution is 2.24. The maximum atomic E-state index is 12.9. The first kappa shape index (κ1) is 14.5. The van der Waals surface area contributed by atoms with Crippen molar-refractivity contribution in [3.05, 3.63) is 35.6 Å². The largest absolute Gasteiger partial charge is 0.342 e. The molecular formula is C15H19FN2O2. The Morgan fingerprint density at radius 1 is 1.25 bits per heavy atom. The van der Waals surface area contributed by atoms with Gasteiger partial charge < -0.3 is 10.2 Å². The molecule has 0 spiro atoms. The van der Waals surface area contributed by atoms with Crippen molar-refractivity contribution < 1.29 is 14.0 Å². The van der Waals surface area contributed by atoms with E-state index in [-0.39, 0.29) is 29.6 Å². The van der Waals surface area contributed by atoms with E-state index in [0.29, 0.717) is 6.54 Å². The van der Waals surface area contributed by atoms with Crippen LogP contribution in [0, 0.1) is 11.2 Å². The van der Waals surface area contributed by atoms with Crippen LogP contribution in [0.3, 0.4) is 0 Å². The zero-order chi connectivity index (χ0) is 14.9. The molecule has 0 aromatic heterocycles. The lowest BCUT2D eigenvalue weighted by atomic mass is 9.84. The van der Waals surface area contributed by atoms with Crippen molar-refractivity contribution in [2.45, 2.75) is 33.4 Å². The van der Waals surface area contributed by atoms with Gasteiger partial charge in [0.2, 0.25) is 11.8 Å². The van der Waals surface area contributed by atoms with E-state index in [2.05, 4.69) is 5.32 Å². The molecule has 1 N–H and O–H groups in total. The number of rotatable bonds is 2. The maximum absolute atomic E-state index is 12.9. The Balaban J connectivity index is 2.16. The van der Waals surface area contributed by atoms with Gasteiger partial charge in [0.1, 0.15) is 11.9 Å². The molecule has 0 bridgehead atoms. The summed E-state index contributed by atoms with van der Waals surface area (Å²) in [5.74, 6) is -0.572. The second kappa shape index (κ2) is 5.23. The maximum Gasteiger partial charge on any atom is 0.246 e. The quantitative estimate of drug-likeness (QED) is 0.895. The molecule has 1 heterocycles. The van der Waals surface area contributed by atoms with Gasteiger partial charge >= 0.3 is 0 Å². The standard InChI is InChI=1S/C15H19FN2O2/c1-15(2,3)13-14(20)18(9-12(19)17-13)8-10-4-6-11(16)7-5-10/h4-7,13H,8-9H2,1-3H3,(H,17,19). The van der Waals surface area contributed by atoms with E-state index >= 15 is 0 Å². The van der Waals surface area contributed by atoms with Gasteiger partial charge in [-0.05, 0) is 23.1 Å². The molecule has 2 amide bonds. The van der Waals surface area contributed by atoms with Crippen LogP contribution >= 0.6 is 0 Å². The molecule has 4 nitrogen and oxygen atoms in total. The van der Waals surface area contributed by atoms with Crippen molar-refractivity contribution in [1.82, 2.24) is 10.2 Å². The summed E-state index contributed by atoms with van der Waals surface area (Å²) in [6.45, 7) is 6.10. The molecule has 1 saturated heterocycles. The fourth-order valence-electron chi connectivity index (χ4n) is 2.23. The summed E-state index contributed by atoms with van der Waals surface area (Å²) in [5.41, 5.74) is 0.468. The average Bonchev–Trinajstić information content (AvgIpc) is 2.35. The van der Waals surface area contributed by atoms with E-state index in [1.165, 1.54) is 17.0 Å². The highest BCUT2D eigenvalue weighted by molar-refractivity contribution is 5.95. The van der Waals surface area contributed by atoms with E-state index in [4.69, 9.17) is 0 Å². The van der Waals surface area contributed by atoms with Gasteiger partial charge in [0.25, 0.3) is 0 Å². The van der Waals surface area contributed by atoms with Gasteiger partial charge in [-0.25, -0.2) is 4.39 Å². The number of piperazine rings is 1. The van der Waals surface area contributed by atoms with Crippen LogP contribution in [-0.2, 0) is 16.1 Å². The fourth-order valence-corrected chi connectivity index (χ4v) is 2.23. The van der Waals surface area contributed by atoms with Crippen molar-refractivity contribution in [1.29, 1.82) is 0 Å². The van der Waals surface area contributed by atoms with Gasteiger partial charge in [0.15, 0.2) is 0 Å². The predicted octanol–water partition coefficient (Wildman–Crippen LogP) is 1.70. The Bertz CT molecular complexity index is 520. The van der Waals surface area contributed by atoms with Gasteiger partial charge in [-0.3, -0.25) is 9.59 Å². The highest BCUT2D eigenvalue weighted by Gasteiger charge is 2.39. The molecule has 1 aliphatic heterocycles. The number of nitrogens with zero attached hydrogens (tertiary/aromatic N) is 1. The molecule has 0 aliphatic carbocycles. The zero-order valence-electron chi connectivity index (χ0n) is 11.9. The van der Waals surface area contributed by atoms with Crippen molar-refractivity contribution in [2.24, 2.45) is 5.41 Å². The minimum absolute atomic E-state index is 0.0444. The number of halogens is 1. The van der Waals surface area contributed by atoms with Crippen LogP contribution in [0.5, 0.6) is 0 Å². The Morgan fingerprint density at radius 3 is 2.40 bits per heavy atom. The zero-order valence-corrected chi connectivity index (χ0v) is 11.9. The summed E-state index contributed by atoms with van der Waals surface area (Å²) >= 11 is 0. The van der Waals surface area contributed by atoms with Gasteiger partial charge in [-0.1, -0.05) is 32.9 Å². The van der Waals surface area contributed by atoms with Crippen LogP contribution in [0.25, 0.3) is 0 Å². The number of nitrogens with one attached hydrogen (secondary N) is 1. The van der Waals surface area contributed by atoms with Crippen LogP contribution in [0.2, 0.25) is 0 Å². The Hall–Kier alpha value is -1.91. The van der Waals surface area contributed by atoms with Crippen molar-refractivity contribution in [3.63, 3.8) is 0 Å². The van der Waals surface area contributed by atoms with E-state index < -0.39 is 6.04 Å². The smallest absolute Gasteiger partial charge is 0.246 e. The number of benzene rings is 1. The Kier molecular flexibility index (Phi) is 3.79. The lowest BCUT2D eigenvalue weighted by molar-refractivity contribution is -0.147. The third kappa shape index (κ3) is 3.15. The summed E-state index contributed by atoms with van der Waals surface area (Å²) in [6.07, 6.45) is 0. The number of carbonyl (C=O) groups is 2. The molecule has 108 valence electrons. The average molecular weight is 278 g/mol. The summed E-state index contributed by atoms with van der Waals surface area (Å²) < 4.78 is 12.9. The third-order valence-electron chi connectivity index (χ3n) is 3.35. The van der Waals surface area contributed by atoms with Crippen molar-refractivity contribution in [3.8, 4) is 0 Å². The van der Waals surface area contributed by atoms with Gasteiger partial charge in [-0.2, -0.15) is 0 Å². The summed E-state index contributed by atoms with van der Waals surface area (Å²) in [7, 11) is 0. The number of amides is 2. The SMILES string of the molecule is CC(C)(C)C1NC(=O)CN(Cc2ccc(F)cc2)C1=O. The number of carbonyl (C=O) groups excluding carboxylic acids is 2. The Morgan fingerprint density at radius 2 is 1.85 bits per heavy atom. The lowest BCUT2D eigenvalue weighted by Crippen LogP contribution is -2.61. The second-order valence-corrected chi connectivity index (χ2v) is 6.19. The molecule has 0 radical (unpaired) electrons. The van der Waals surface area contributed by atoms with Gasteiger partial charge in [-0.15, -0.1) is 0 Å². The van der Waals surface area contributed by atoms with E-state index in [0.717, 1.165) is 5.56 Å². The summed E-state index contributed by atoms with van der Waals surface area (Å²) in [4.78, 5) is 25.7. The first-order valence-electron chi connectivity index (χ1n) is 6.60. The van der Waals surface area contributed by atoms with Gasteiger partial charge in [0, 0.05) is 6.54 Å². The summed E-state index contributed by atoms with van der Waals surface area (Å²) in [5, 5.41) is 2.74. The number of hydrogen-bond acceptors (Lipinski definition) is 2. The highest BCUT2D eigenvalue weighted by atomic mass is 19.1. The molecular weight excluding hydrogens is 259 g/mol. The molecule has 1 aliphatic rings.